The molecule has 128 valence electrons. The van der Waals surface area contributed by atoms with Crippen molar-refractivity contribution < 1.29 is 4.79 Å². The van der Waals surface area contributed by atoms with E-state index >= 15 is 0 Å². The van der Waals surface area contributed by atoms with Crippen LogP contribution in [-0.4, -0.2) is 16.4 Å². The minimum Gasteiger partial charge on any atom is -0.298 e. The summed E-state index contributed by atoms with van der Waals surface area (Å²) in [6.45, 7) is 0. The smallest absolute Gasteiger partial charge is 0.149 e. The monoisotopic (exact) mass is 530 g/mol. The van der Waals surface area contributed by atoms with Crippen LogP contribution in [-0.2, 0) is 4.79 Å². The molecule has 1 nitrogen and oxygen atoms in total. The molecule has 0 aliphatic carbocycles. The maximum absolute atomic E-state index is 13.1. The fraction of sp³-hybridized carbons (Fsp3) is 0.235. The van der Waals surface area contributed by atoms with Crippen molar-refractivity contribution in [3.8, 4) is 0 Å². The number of halogens is 6. The van der Waals surface area contributed by atoms with Crippen molar-refractivity contribution in [2.24, 2.45) is 0 Å². The van der Waals surface area contributed by atoms with Crippen LogP contribution in [0.2, 0.25) is 20.1 Å². The fourth-order valence-corrected chi connectivity index (χ4v) is 4.85. The van der Waals surface area contributed by atoms with Gasteiger partial charge in [-0.15, -0.1) is 0 Å². The Kier molecular flexibility index (Phi) is 7.92. The van der Waals surface area contributed by atoms with Crippen LogP contribution in [0.3, 0.4) is 0 Å². The van der Waals surface area contributed by atoms with Gasteiger partial charge in [-0.25, -0.2) is 0 Å². The molecule has 0 saturated heterocycles. The molecule has 2 unspecified atom stereocenters. The maximum Gasteiger partial charge on any atom is 0.149 e. The van der Waals surface area contributed by atoms with Crippen LogP contribution in [0.15, 0.2) is 36.4 Å². The molecule has 0 aliphatic heterocycles. The summed E-state index contributed by atoms with van der Waals surface area (Å²) < 4.78 is 0. The van der Waals surface area contributed by atoms with Gasteiger partial charge in [0.25, 0.3) is 0 Å². The Morgan fingerprint density at radius 2 is 1.17 bits per heavy atom. The van der Waals surface area contributed by atoms with Crippen LogP contribution in [0, 0.1) is 0 Å². The summed E-state index contributed by atoms with van der Waals surface area (Å²) in [5.41, 5.74) is 1.47. The third kappa shape index (κ3) is 4.69. The summed E-state index contributed by atoms with van der Waals surface area (Å²) in [6.07, 6.45) is 0. The Bertz CT molecular complexity index is 690. The van der Waals surface area contributed by atoms with Crippen LogP contribution in [0.1, 0.15) is 23.0 Å². The van der Waals surface area contributed by atoms with Gasteiger partial charge in [-0.3, -0.25) is 4.79 Å². The van der Waals surface area contributed by atoms with Crippen molar-refractivity contribution in [1.82, 2.24) is 0 Å². The van der Waals surface area contributed by atoms with Gasteiger partial charge in [0, 0.05) is 30.8 Å². The van der Waals surface area contributed by atoms with Crippen molar-refractivity contribution in [3.63, 3.8) is 0 Å². The Hall–Kier alpha value is 0.230. The van der Waals surface area contributed by atoms with E-state index in [1.165, 1.54) is 0 Å². The average Bonchev–Trinajstić information content (AvgIpc) is 2.52. The van der Waals surface area contributed by atoms with E-state index in [0.717, 1.165) is 11.1 Å². The Morgan fingerprint density at radius 1 is 0.792 bits per heavy atom. The predicted molar refractivity (Wildman–Crippen MR) is 111 cm³/mol. The van der Waals surface area contributed by atoms with Gasteiger partial charge in [0.15, 0.2) is 0 Å². The number of carbonyl (C=O) groups is 1. The SMILES string of the molecule is O=C(C(CBr)c1ccc(Cl)cc1Cl)C(CBr)c1ccc(Cl)cc1Cl. The van der Waals surface area contributed by atoms with E-state index in [2.05, 4.69) is 31.9 Å². The second-order valence-corrected chi connectivity index (χ2v) is 8.13. The molecule has 0 bridgehead atoms. The number of carbonyl (C=O) groups excluding carboxylic acids is 1. The third-order valence-electron chi connectivity index (χ3n) is 3.67. The first-order valence-electron chi connectivity index (χ1n) is 6.94. The van der Waals surface area contributed by atoms with Crippen molar-refractivity contribution in [3.05, 3.63) is 67.6 Å². The number of ketones is 1. The second-order valence-electron chi connectivity index (χ2n) is 5.15. The van der Waals surface area contributed by atoms with Crippen LogP contribution < -0.4 is 0 Å². The standard InChI is InChI=1S/C17H12Br2Cl4O/c18-7-13(11-3-1-9(20)5-15(11)22)17(24)14(8-19)12-4-2-10(21)6-16(12)23/h1-6,13-14H,7-8H2. The highest BCUT2D eigenvalue weighted by molar-refractivity contribution is 9.09. The normalized spacial score (nSPS) is 13.6. The van der Waals surface area contributed by atoms with Crippen molar-refractivity contribution in [1.29, 1.82) is 0 Å². The lowest BCUT2D eigenvalue weighted by Gasteiger charge is -2.22. The minimum atomic E-state index is -0.413. The zero-order valence-electron chi connectivity index (χ0n) is 12.2. The average molecular weight is 534 g/mol. The summed E-state index contributed by atoms with van der Waals surface area (Å²) in [6, 6.07) is 10.3. The molecule has 0 radical (unpaired) electrons. The van der Waals surface area contributed by atoms with Crippen LogP contribution in [0.4, 0.5) is 0 Å². The largest absolute Gasteiger partial charge is 0.298 e. The van der Waals surface area contributed by atoms with Crippen molar-refractivity contribution in [2.45, 2.75) is 11.8 Å². The molecule has 24 heavy (non-hydrogen) atoms. The first-order valence-corrected chi connectivity index (χ1v) is 10.7. The highest BCUT2D eigenvalue weighted by Crippen LogP contribution is 2.36. The van der Waals surface area contributed by atoms with Crippen LogP contribution in [0.5, 0.6) is 0 Å². The van der Waals surface area contributed by atoms with E-state index < -0.39 is 11.8 Å². The van der Waals surface area contributed by atoms with Gasteiger partial charge < -0.3 is 0 Å². The fourth-order valence-electron chi connectivity index (χ4n) is 2.44. The van der Waals surface area contributed by atoms with Gasteiger partial charge in [-0.2, -0.15) is 0 Å². The first kappa shape index (κ1) is 20.5. The molecule has 0 aliphatic rings. The molecule has 2 aromatic carbocycles. The van der Waals surface area contributed by atoms with Gasteiger partial charge >= 0.3 is 0 Å². The quantitative estimate of drug-likeness (QED) is 0.351. The molecular formula is C17H12Br2Cl4O. The number of Topliss-reactive ketones (excluding diaryl/α,β-unsaturated/α-hetero) is 1. The van der Waals surface area contributed by atoms with E-state index in [1.54, 1.807) is 36.4 Å². The minimum absolute atomic E-state index is 0.0113. The molecule has 0 fully saturated rings. The number of rotatable bonds is 6. The van der Waals surface area contributed by atoms with E-state index in [4.69, 9.17) is 46.4 Å². The number of hydrogen-bond donors (Lipinski definition) is 0. The predicted octanol–water partition coefficient (Wildman–Crippen LogP) is 7.53. The molecular weight excluding hydrogens is 522 g/mol. The topological polar surface area (TPSA) is 17.1 Å². The highest BCUT2D eigenvalue weighted by Gasteiger charge is 2.30. The summed E-state index contributed by atoms with van der Waals surface area (Å²) >= 11 is 31.3. The summed E-state index contributed by atoms with van der Waals surface area (Å²) in [4.78, 5) is 13.1. The molecule has 7 heteroatoms. The lowest BCUT2D eigenvalue weighted by molar-refractivity contribution is -0.121. The van der Waals surface area contributed by atoms with Gasteiger partial charge in [0.05, 0.1) is 11.8 Å². The zero-order chi connectivity index (χ0) is 17.9. The third-order valence-corrected chi connectivity index (χ3v) is 6.09. The van der Waals surface area contributed by atoms with E-state index in [0.29, 0.717) is 30.8 Å². The van der Waals surface area contributed by atoms with Gasteiger partial charge in [-0.05, 0) is 35.4 Å². The van der Waals surface area contributed by atoms with Gasteiger partial charge in [-0.1, -0.05) is 90.4 Å². The first-order chi connectivity index (χ1) is 11.4. The molecule has 0 aromatic heterocycles. The Morgan fingerprint density at radius 3 is 1.46 bits per heavy atom. The lowest BCUT2D eigenvalue weighted by Crippen LogP contribution is -2.23. The van der Waals surface area contributed by atoms with Crippen molar-refractivity contribution in [2.75, 3.05) is 10.7 Å². The number of hydrogen-bond acceptors (Lipinski definition) is 1. The van der Waals surface area contributed by atoms with E-state index in [1.807, 2.05) is 0 Å². The molecule has 0 N–H and O–H groups in total. The van der Waals surface area contributed by atoms with Crippen LogP contribution >= 0.6 is 78.3 Å². The molecule has 0 spiro atoms. The molecule has 0 heterocycles. The summed E-state index contributed by atoms with van der Waals surface area (Å²) in [5, 5.41) is 2.89. The zero-order valence-corrected chi connectivity index (χ0v) is 18.4. The molecule has 2 atom stereocenters. The van der Waals surface area contributed by atoms with Crippen LogP contribution in [0.25, 0.3) is 0 Å². The Labute approximate surface area is 177 Å². The van der Waals surface area contributed by atoms with Gasteiger partial charge in [0.2, 0.25) is 0 Å². The van der Waals surface area contributed by atoms with E-state index in [-0.39, 0.29) is 5.78 Å². The highest BCUT2D eigenvalue weighted by atomic mass is 79.9. The lowest BCUT2D eigenvalue weighted by atomic mass is 9.85. The molecule has 0 amide bonds. The Balaban J connectivity index is 2.41. The molecule has 0 saturated carbocycles. The van der Waals surface area contributed by atoms with Gasteiger partial charge in [0.1, 0.15) is 5.78 Å². The number of alkyl halides is 2. The second kappa shape index (κ2) is 9.25. The molecule has 2 rings (SSSR count). The number of benzene rings is 2. The summed E-state index contributed by atoms with van der Waals surface area (Å²) in [7, 11) is 0. The molecule has 2 aromatic rings. The maximum atomic E-state index is 13.1. The van der Waals surface area contributed by atoms with Crippen molar-refractivity contribution >= 4 is 84.0 Å². The van der Waals surface area contributed by atoms with E-state index in [9.17, 15) is 4.79 Å². The summed E-state index contributed by atoms with van der Waals surface area (Å²) in [5.74, 6) is -0.815.